The molecule has 1 aliphatic rings. The van der Waals surface area contributed by atoms with E-state index in [9.17, 15) is 28.8 Å². The summed E-state index contributed by atoms with van der Waals surface area (Å²) in [6.07, 6.45) is -0.886. The first-order valence-corrected chi connectivity index (χ1v) is 8.23. The number of primary amides is 1. The molecule has 0 aromatic heterocycles. The Morgan fingerprint density at radius 2 is 1.70 bits per heavy atom. The zero-order chi connectivity index (χ0) is 20.6. The quantitative estimate of drug-likeness (QED) is 0.222. The van der Waals surface area contributed by atoms with Gasteiger partial charge in [-0.1, -0.05) is 0 Å². The van der Waals surface area contributed by atoms with E-state index in [-0.39, 0.29) is 38.0 Å². The molecule has 12 nitrogen and oxygen atoms in total. The molecule has 0 saturated carbocycles. The number of aliphatic carboxylic acids is 2. The lowest BCUT2D eigenvalue weighted by molar-refractivity contribution is -0.143. The molecular weight excluding hydrogens is 364 g/mol. The highest BCUT2D eigenvalue weighted by atomic mass is 16.4. The molecule has 7 N–H and O–H groups in total. The van der Waals surface area contributed by atoms with Crippen molar-refractivity contribution in [3.8, 4) is 0 Å². The van der Waals surface area contributed by atoms with Crippen LogP contribution in [0.5, 0.6) is 0 Å². The Balaban J connectivity index is 2.77. The molecule has 0 bridgehead atoms. The predicted molar refractivity (Wildman–Crippen MR) is 88.0 cm³/mol. The molecule has 3 atom stereocenters. The number of nitrogens with two attached hydrogens (primary N) is 1. The van der Waals surface area contributed by atoms with Crippen molar-refractivity contribution < 1.29 is 39.0 Å². The van der Waals surface area contributed by atoms with Crippen LogP contribution in [-0.4, -0.2) is 63.9 Å². The molecule has 1 rings (SSSR count). The zero-order valence-electron chi connectivity index (χ0n) is 14.4. The van der Waals surface area contributed by atoms with Crippen LogP contribution >= 0.6 is 0 Å². The van der Waals surface area contributed by atoms with Crippen molar-refractivity contribution in [3.63, 3.8) is 0 Å². The fourth-order valence-corrected chi connectivity index (χ4v) is 2.44. The number of carbonyl (C=O) groups is 6. The lowest BCUT2D eigenvalue weighted by atomic mass is 10.1. The van der Waals surface area contributed by atoms with E-state index in [1.54, 1.807) is 0 Å². The maximum atomic E-state index is 12.3. The summed E-state index contributed by atoms with van der Waals surface area (Å²) in [6, 6.07) is -3.59. The standard InChI is InChI=1S/C15H22N4O8/c16-10(20)4-1-9(15(26)27)19-14(25)8(3-6-12(22)23)18-13(24)7-2-5-11(21)17-7/h7-9H,1-6H2,(H2,16,20)(H,17,21)(H,18,24)(H,19,25)(H,22,23)(H,26,27)/t7-,8-,9-/m0/s1. The second-order valence-corrected chi connectivity index (χ2v) is 6.06. The van der Waals surface area contributed by atoms with Crippen LogP contribution in [0.4, 0.5) is 0 Å². The first-order chi connectivity index (χ1) is 12.6. The van der Waals surface area contributed by atoms with Crippen LogP contribution in [-0.2, 0) is 28.8 Å². The monoisotopic (exact) mass is 386 g/mol. The minimum absolute atomic E-state index is 0.151. The fraction of sp³-hybridized carbons (Fsp3) is 0.600. The summed E-state index contributed by atoms with van der Waals surface area (Å²) in [5, 5.41) is 24.8. The van der Waals surface area contributed by atoms with Gasteiger partial charge in [0, 0.05) is 19.3 Å². The van der Waals surface area contributed by atoms with Gasteiger partial charge >= 0.3 is 11.9 Å². The van der Waals surface area contributed by atoms with Crippen molar-refractivity contribution in [2.75, 3.05) is 0 Å². The molecule has 1 fully saturated rings. The van der Waals surface area contributed by atoms with E-state index in [1.165, 1.54) is 0 Å². The summed E-state index contributed by atoms with van der Waals surface area (Å²) in [5.41, 5.74) is 4.96. The zero-order valence-corrected chi connectivity index (χ0v) is 14.4. The summed E-state index contributed by atoms with van der Waals surface area (Å²) < 4.78 is 0. The van der Waals surface area contributed by atoms with Crippen molar-refractivity contribution in [2.45, 2.75) is 56.7 Å². The summed E-state index contributed by atoms with van der Waals surface area (Å²) in [7, 11) is 0. The third-order valence-electron chi connectivity index (χ3n) is 3.89. The number of carboxylic acids is 2. The van der Waals surface area contributed by atoms with Gasteiger partial charge in [0.25, 0.3) is 0 Å². The highest BCUT2D eigenvalue weighted by molar-refractivity contribution is 5.95. The van der Waals surface area contributed by atoms with Crippen molar-refractivity contribution in [1.29, 1.82) is 0 Å². The number of hydrogen-bond acceptors (Lipinski definition) is 6. The van der Waals surface area contributed by atoms with Crippen molar-refractivity contribution in [2.24, 2.45) is 5.73 Å². The average Bonchev–Trinajstić information content (AvgIpc) is 3.00. The van der Waals surface area contributed by atoms with Crippen molar-refractivity contribution in [1.82, 2.24) is 16.0 Å². The molecule has 0 unspecified atom stereocenters. The number of amides is 4. The van der Waals surface area contributed by atoms with E-state index in [2.05, 4.69) is 16.0 Å². The second-order valence-electron chi connectivity index (χ2n) is 6.06. The molecule has 4 amide bonds. The Hall–Kier alpha value is -3.18. The highest BCUT2D eigenvalue weighted by Gasteiger charge is 2.32. The van der Waals surface area contributed by atoms with Crippen LogP contribution in [0, 0.1) is 0 Å². The van der Waals surface area contributed by atoms with Gasteiger partial charge in [0.05, 0.1) is 0 Å². The first kappa shape index (κ1) is 21.9. The van der Waals surface area contributed by atoms with Crippen LogP contribution < -0.4 is 21.7 Å². The van der Waals surface area contributed by atoms with E-state index < -0.39 is 54.2 Å². The van der Waals surface area contributed by atoms with Crippen LogP contribution in [0.25, 0.3) is 0 Å². The smallest absolute Gasteiger partial charge is 0.326 e. The summed E-state index contributed by atoms with van der Waals surface area (Å²) in [6.45, 7) is 0. The van der Waals surface area contributed by atoms with E-state index in [1.807, 2.05) is 0 Å². The predicted octanol–water partition coefficient (Wildman–Crippen LogP) is -2.55. The normalized spacial score (nSPS) is 18.1. The second kappa shape index (κ2) is 10.1. The molecule has 1 saturated heterocycles. The van der Waals surface area contributed by atoms with E-state index in [0.29, 0.717) is 0 Å². The third-order valence-corrected chi connectivity index (χ3v) is 3.89. The van der Waals surface area contributed by atoms with Gasteiger partial charge < -0.3 is 31.9 Å². The van der Waals surface area contributed by atoms with Gasteiger partial charge in [-0.05, 0) is 19.3 Å². The summed E-state index contributed by atoms with van der Waals surface area (Å²) in [4.78, 5) is 68.5. The Labute approximate surface area is 153 Å². The molecule has 1 heterocycles. The number of carboxylic acid groups (broad SMARTS) is 2. The topological polar surface area (TPSA) is 205 Å². The third kappa shape index (κ3) is 7.71. The average molecular weight is 386 g/mol. The molecule has 0 spiro atoms. The maximum Gasteiger partial charge on any atom is 0.326 e. The molecule has 12 heteroatoms. The Morgan fingerprint density at radius 3 is 2.19 bits per heavy atom. The van der Waals surface area contributed by atoms with Crippen LogP contribution in [0.1, 0.15) is 38.5 Å². The van der Waals surface area contributed by atoms with Gasteiger partial charge in [0.2, 0.25) is 23.6 Å². The van der Waals surface area contributed by atoms with Gasteiger partial charge in [-0.25, -0.2) is 4.79 Å². The summed E-state index contributed by atoms with van der Waals surface area (Å²) >= 11 is 0. The SMILES string of the molecule is NC(=O)CC[C@H](NC(=O)[C@H](CCC(=O)O)NC(=O)[C@@H]1CCC(=O)N1)C(=O)O. The first-order valence-electron chi connectivity index (χ1n) is 8.23. The van der Waals surface area contributed by atoms with Crippen molar-refractivity contribution >= 4 is 35.6 Å². The molecular formula is C15H22N4O8. The van der Waals surface area contributed by atoms with Crippen LogP contribution in [0.2, 0.25) is 0 Å². The number of carbonyl (C=O) groups excluding carboxylic acids is 4. The lowest BCUT2D eigenvalue weighted by Gasteiger charge is -2.22. The van der Waals surface area contributed by atoms with Gasteiger partial charge in [0.1, 0.15) is 18.1 Å². The van der Waals surface area contributed by atoms with E-state index in [4.69, 9.17) is 15.9 Å². The Bertz CT molecular complexity index is 635. The van der Waals surface area contributed by atoms with Crippen LogP contribution in [0.3, 0.4) is 0 Å². The van der Waals surface area contributed by atoms with Gasteiger partial charge in [0.15, 0.2) is 0 Å². The molecule has 150 valence electrons. The van der Waals surface area contributed by atoms with Gasteiger partial charge in [-0.3, -0.25) is 24.0 Å². The van der Waals surface area contributed by atoms with Gasteiger partial charge in [-0.2, -0.15) is 0 Å². The maximum absolute atomic E-state index is 12.3. The van der Waals surface area contributed by atoms with E-state index in [0.717, 1.165) is 0 Å². The number of rotatable bonds is 11. The molecule has 1 aliphatic heterocycles. The largest absolute Gasteiger partial charge is 0.481 e. The summed E-state index contributed by atoms with van der Waals surface area (Å²) in [5.74, 6) is -5.26. The molecule has 0 aliphatic carbocycles. The lowest BCUT2D eigenvalue weighted by Crippen LogP contribution is -2.54. The minimum atomic E-state index is -1.43. The Morgan fingerprint density at radius 1 is 1.07 bits per heavy atom. The number of hydrogen-bond donors (Lipinski definition) is 6. The van der Waals surface area contributed by atoms with Crippen molar-refractivity contribution in [3.05, 3.63) is 0 Å². The number of nitrogens with one attached hydrogen (secondary N) is 3. The highest BCUT2D eigenvalue weighted by Crippen LogP contribution is 2.08. The molecule has 0 aromatic rings. The fourth-order valence-electron chi connectivity index (χ4n) is 2.44. The van der Waals surface area contributed by atoms with Gasteiger partial charge in [-0.15, -0.1) is 0 Å². The van der Waals surface area contributed by atoms with Crippen LogP contribution in [0.15, 0.2) is 0 Å². The molecule has 0 aromatic carbocycles. The molecule has 0 radical (unpaired) electrons. The Kier molecular flexibility index (Phi) is 8.17. The van der Waals surface area contributed by atoms with E-state index >= 15 is 0 Å². The minimum Gasteiger partial charge on any atom is -0.481 e. The molecule has 27 heavy (non-hydrogen) atoms.